The summed E-state index contributed by atoms with van der Waals surface area (Å²) in [5, 5.41) is 1.82. The number of fused-ring (bicyclic) bond motifs is 3. The Labute approximate surface area is 204 Å². The zero-order valence-corrected chi connectivity index (χ0v) is 20.7. The second-order valence-corrected chi connectivity index (χ2v) is 11.1. The minimum atomic E-state index is -0.0483. The van der Waals surface area contributed by atoms with Gasteiger partial charge in [-0.2, -0.15) is 0 Å². The molecule has 7 heteroatoms. The maximum absolute atomic E-state index is 13.0. The summed E-state index contributed by atoms with van der Waals surface area (Å²) in [7, 11) is 0. The molecule has 0 radical (unpaired) electrons. The van der Waals surface area contributed by atoms with Crippen molar-refractivity contribution < 1.29 is 0 Å². The van der Waals surface area contributed by atoms with E-state index < -0.39 is 0 Å². The van der Waals surface area contributed by atoms with Gasteiger partial charge in [-0.05, 0) is 78.3 Å². The molecule has 4 atom stereocenters. The minimum Gasteiger partial charge on any atom is -0.321 e. The van der Waals surface area contributed by atoms with Gasteiger partial charge in [-0.25, -0.2) is 10.4 Å². The van der Waals surface area contributed by atoms with Crippen LogP contribution in [0, 0.1) is 23.2 Å². The first-order valence-electron chi connectivity index (χ1n) is 11.7. The van der Waals surface area contributed by atoms with Crippen LogP contribution in [0.3, 0.4) is 0 Å². The molecule has 2 bridgehead atoms. The summed E-state index contributed by atoms with van der Waals surface area (Å²) >= 11 is 12.2. The Kier molecular flexibility index (Phi) is 5.92. The molecule has 174 valence electrons. The number of halogens is 2. The molecule has 3 aliphatic carbocycles. The summed E-state index contributed by atoms with van der Waals surface area (Å²) < 4.78 is 1.64. The quantitative estimate of drug-likeness (QED) is 0.425. The third-order valence-corrected chi connectivity index (χ3v) is 8.81. The van der Waals surface area contributed by atoms with Gasteiger partial charge in [-0.3, -0.25) is 9.36 Å². The van der Waals surface area contributed by atoms with Crippen molar-refractivity contribution in [1.82, 2.24) is 15.0 Å². The van der Waals surface area contributed by atoms with Crippen molar-refractivity contribution in [2.45, 2.75) is 52.6 Å². The Morgan fingerprint density at radius 2 is 1.97 bits per heavy atom. The van der Waals surface area contributed by atoms with Gasteiger partial charge in [0, 0.05) is 22.6 Å². The molecule has 0 aliphatic heterocycles. The SMILES string of the molecule is C[C@@H]1C(NNc2ccc3c(=O)n(CCc4ccc(Cl)cc4Cl)cnc3c2)CC2C[C@@H]1C2(C)C. The van der Waals surface area contributed by atoms with Crippen LogP contribution in [-0.4, -0.2) is 15.6 Å². The lowest BCUT2D eigenvalue weighted by molar-refractivity contribution is -0.113. The predicted octanol–water partition coefficient (Wildman–Crippen LogP) is 5.93. The Morgan fingerprint density at radius 3 is 2.70 bits per heavy atom. The molecule has 0 spiro atoms. The van der Waals surface area contributed by atoms with Crippen molar-refractivity contribution in [3.05, 3.63) is 68.7 Å². The van der Waals surface area contributed by atoms with Crippen LogP contribution in [0.5, 0.6) is 0 Å². The lowest BCUT2D eigenvalue weighted by Gasteiger charge is -2.62. The molecule has 6 rings (SSSR count). The Bertz CT molecular complexity index is 1250. The number of hydrogen-bond donors (Lipinski definition) is 2. The van der Waals surface area contributed by atoms with Crippen LogP contribution in [0.1, 0.15) is 39.2 Å². The summed E-state index contributed by atoms with van der Waals surface area (Å²) in [6.45, 7) is 7.70. The molecule has 3 saturated carbocycles. The molecule has 2 N–H and O–H groups in total. The third-order valence-electron chi connectivity index (χ3n) is 8.22. The highest BCUT2D eigenvalue weighted by Gasteiger charge is 2.56. The van der Waals surface area contributed by atoms with Gasteiger partial charge in [0.2, 0.25) is 0 Å². The Hall–Kier alpha value is -2.08. The molecule has 5 nitrogen and oxygen atoms in total. The molecule has 2 unspecified atom stereocenters. The van der Waals surface area contributed by atoms with E-state index in [1.54, 1.807) is 17.0 Å². The number of hydrogen-bond acceptors (Lipinski definition) is 4. The average Bonchev–Trinajstić information content (AvgIpc) is 2.78. The minimum absolute atomic E-state index is 0.0483. The summed E-state index contributed by atoms with van der Waals surface area (Å²) in [6.07, 6.45) is 4.81. The van der Waals surface area contributed by atoms with Gasteiger partial charge in [0.15, 0.2) is 0 Å². The maximum atomic E-state index is 13.0. The number of benzene rings is 2. The van der Waals surface area contributed by atoms with E-state index in [2.05, 4.69) is 36.6 Å². The Morgan fingerprint density at radius 1 is 1.15 bits per heavy atom. The number of aryl methyl sites for hydroxylation is 2. The summed E-state index contributed by atoms with van der Waals surface area (Å²) in [5.74, 6) is 2.23. The molecule has 0 saturated heterocycles. The van der Waals surface area contributed by atoms with E-state index in [1.807, 2.05) is 30.3 Å². The largest absolute Gasteiger partial charge is 0.321 e. The normalized spacial score (nSPS) is 25.6. The lowest BCUT2D eigenvalue weighted by atomic mass is 9.45. The van der Waals surface area contributed by atoms with Gasteiger partial charge < -0.3 is 5.43 Å². The van der Waals surface area contributed by atoms with Crippen LogP contribution in [0.25, 0.3) is 10.9 Å². The maximum Gasteiger partial charge on any atom is 0.261 e. The molecule has 0 amide bonds. The van der Waals surface area contributed by atoms with Gasteiger partial charge in [0.25, 0.3) is 5.56 Å². The molecule has 1 heterocycles. The van der Waals surface area contributed by atoms with Crippen LogP contribution in [0.4, 0.5) is 5.69 Å². The standard InChI is InChI=1S/C26H30Cl2N4O/c1-15-21-10-17(26(21,2)3)11-23(15)31-30-19-6-7-20-24(13-19)29-14-32(25(20)33)9-8-16-4-5-18(27)12-22(16)28/h4-7,12-15,17,21,23,30-31H,8-11H2,1-3H3/t15-,17?,21-,23?/m0/s1. The van der Waals surface area contributed by atoms with Gasteiger partial charge in [-0.1, -0.05) is 50.0 Å². The van der Waals surface area contributed by atoms with Crippen LogP contribution in [0.15, 0.2) is 47.5 Å². The summed E-state index contributed by atoms with van der Waals surface area (Å²) in [4.78, 5) is 17.5. The first-order valence-corrected chi connectivity index (χ1v) is 12.4. The zero-order valence-electron chi connectivity index (χ0n) is 19.2. The van der Waals surface area contributed by atoms with Crippen LogP contribution in [-0.2, 0) is 13.0 Å². The molecule has 33 heavy (non-hydrogen) atoms. The highest BCUT2D eigenvalue weighted by molar-refractivity contribution is 6.35. The van der Waals surface area contributed by atoms with Gasteiger partial charge in [0.05, 0.1) is 22.9 Å². The average molecular weight is 485 g/mol. The van der Waals surface area contributed by atoms with Crippen molar-refractivity contribution in [2.24, 2.45) is 23.2 Å². The monoisotopic (exact) mass is 484 g/mol. The van der Waals surface area contributed by atoms with E-state index in [0.29, 0.717) is 51.3 Å². The lowest BCUT2D eigenvalue weighted by Crippen LogP contribution is -2.60. The smallest absolute Gasteiger partial charge is 0.261 e. The van der Waals surface area contributed by atoms with Crippen molar-refractivity contribution in [1.29, 1.82) is 0 Å². The summed E-state index contributed by atoms with van der Waals surface area (Å²) in [5.41, 5.74) is 9.91. The second-order valence-electron chi connectivity index (χ2n) is 10.3. The fourth-order valence-electron chi connectivity index (χ4n) is 5.88. The fraction of sp³-hybridized carbons (Fsp3) is 0.462. The Balaban J connectivity index is 1.26. The van der Waals surface area contributed by atoms with E-state index in [-0.39, 0.29) is 5.56 Å². The predicted molar refractivity (Wildman–Crippen MR) is 136 cm³/mol. The number of nitrogens with one attached hydrogen (secondary N) is 2. The van der Waals surface area contributed by atoms with Crippen LogP contribution in [0.2, 0.25) is 10.0 Å². The van der Waals surface area contributed by atoms with Crippen molar-refractivity contribution >= 4 is 39.8 Å². The first-order chi connectivity index (χ1) is 15.7. The third kappa shape index (κ3) is 4.16. The molecule has 3 aliphatic rings. The van der Waals surface area contributed by atoms with Crippen LogP contribution < -0.4 is 16.4 Å². The molecule has 3 aromatic rings. The molecule has 2 aromatic carbocycles. The number of nitrogens with zero attached hydrogens (tertiary/aromatic N) is 2. The van der Waals surface area contributed by atoms with Crippen molar-refractivity contribution in [2.75, 3.05) is 5.43 Å². The molecular weight excluding hydrogens is 455 g/mol. The molecular formula is C26H30Cl2N4O. The zero-order chi connectivity index (χ0) is 23.3. The van der Waals surface area contributed by atoms with Gasteiger partial charge in [0.1, 0.15) is 0 Å². The number of anilines is 1. The van der Waals surface area contributed by atoms with E-state index in [4.69, 9.17) is 23.2 Å². The van der Waals surface area contributed by atoms with E-state index in [1.165, 1.54) is 12.8 Å². The number of aromatic nitrogens is 2. The number of hydrazine groups is 1. The topological polar surface area (TPSA) is 58.9 Å². The fourth-order valence-corrected chi connectivity index (χ4v) is 6.38. The van der Waals surface area contributed by atoms with Gasteiger partial charge in [-0.15, -0.1) is 0 Å². The van der Waals surface area contributed by atoms with Crippen LogP contribution >= 0.6 is 23.2 Å². The van der Waals surface area contributed by atoms with Crippen molar-refractivity contribution in [3.8, 4) is 0 Å². The number of rotatable bonds is 6. The molecule has 1 aromatic heterocycles. The highest BCUT2D eigenvalue weighted by atomic mass is 35.5. The van der Waals surface area contributed by atoms with Gasteiger partial charge >= 0.3 is 0 Å². The first kappa shape index (κ1) is 22.7. The summed E-state index contributed by atoms with van der Waals surface area (Å²) in [6, 6.07) is 11.6. The van der Waals surface area contributed by atoms with Crippen molar-refractivity contribution in [3.63, 3.8) is 0 Å². The van der Waals surface area contributed by atoms with E-state index in [9.17, 15) is 4.79 Å². The van der Waals surface area contributed by atoms with E-state index in [0.717, 1.165) is 23.1 Å². The second kappa shape index (κ2) is 8.61. The highest BCUT2D eigenvalue weighted by Crippen LogP contribution is 2.61. The molecule has 3 fully saturated rings. The van der Waals surface area contributed by atoms with E-state index >= 15 is 0 Å².